The third-order valence-corrected chi connectivity index (χ3v) is 12.7. The molecule has 0 saturated carbocycles. The molecule has 2 saturated heterocycles. The van der Waals surface area contributed by atoms with Gasteiger partial charge in [0.05, 0.1) is 27.8 Å². The highest BCUT2D eigenvalue weighted by atomic mass is 19.1. The van der Waals surface area contributed by atoms with Gasteiger partial charge in [-0.3, -0.25) is 39.0 Å². The molecule has 5 heterocycles. The molecule has 0 radical (unpaired) electrons. The highest BCUT2D eigenvalue weighted by molar-refractivity contribution is 6.25. The van der Waals surface area contributed by atoms with Gasteiger partial charge in [-0.25, -0.2) is 23.1 Å². The minimum absolute atomic E-state index is 0.0203. The van der Waals surface area contributed by atoms with E-state index in [1.165, 1.54) is 28.8 Å². The fraction of sp³-hybridized carbons (Fsp3) is 0.327. The average molecular weight is 930 g/mol. The number of pyridine rings is 1. The van der Waals surface area contributed by atoms with Crippen LogP contribution in [0.1, 0.15) is 82.9 Å². The molecule has 5 aromatic rings. The standard InChI is InChI=1S/C49H49F2N9O8/c1-5-39(64)57-21-22-58(27(3)25-57)44-31-23-33(51)42(41-32(50)12-10-14-36(41)61)55-45(31)60(49(68)56-44)43-26(2)16-17-29(28(43)4)24-53-37(62)15-7-6-8-20-52-34-13-9-11-30-40(34)48(67)59(47(30)66)35-18-19-38(63)54-46(35)65/h5,9-14,16-17,23,27,35,52,61H,1,6-8,15,18-22,24-25H2,2-4H3,(H,53,62)(H,54,63,65)/t27-,35?/m0/s1. The summed E-state index contributed by atoms with van der Waals surface area (Å²) in [5.41, 5.74) is 1.22. The van der Waals surface area contributed by atoms with Crippen LogP contribution in [0, 0.1) is 25.5 Å². The van der Waals surface area contributed by atoms with Gasteiger partial charge in [0.2, 0.25) is 23.6 Å². The fourth-order valence-corrected chi connectivity index (χ4v) is 9.22. The Kier molecular flexibility index (Phi) is 13.2. The van der Waals surface area contributed by atoms with Crippen LogP contribution < -0.4 is 26.5 Å². The van der Waals surface area contributed by atoms with E-state index < -0.39 is 64.0 Å². The Hall–Kier alpha value is -7.83. The number of imide groups is 2. The molecule has 3 aromatic carbocycles. The zero-order valence-corrected chi connectivity index (χ0v) is 37.7. The third-order valence-electron chi connectivity index (χ3n) is 12.7. The van der Waals surface area contributed by atoms with Crippen LogP contribution in [0.15, 0.2) is 72.0 Å². The number of benzene rings is 3. The second-order valence-electron chi connectivity index (χ2n) is 17.1. The highest BCUT2D eigenvalue weighted by Crippen LogP contribution is 2.37. The molecule has 2 atom stereocenters. The predicted octanol–water partition coefficient (Wildman–Crippen LogP) is 4.96. The molecule has 6 amide bonds. The summed E-state index contributed by atoms with van der Waals surface area (Å²) in [4.78, 5) is 104. The zero-order chi connectivity index (χ0) is 48.6. The summed E-state index contributed by atoms with van der Waals surface area (Å²) in [6, 6.07) is 11.7. The minimum Gasteiger partial charge on any atom is -0.507 e. The molecular weight excluding hydrogens is 881 g/mol. The number of rotatable bonds is 14. The monoisotopic (exact) mass is 929 g/mol. The van der Waals surface area contributed by atoms with Crippen molar-refractivity contribution in [3.8, 4) is 22.7 Å². The maximum atomic E-state index is 16.2. The molecule has 1 unspecified atom stereocenters. The van der Waals surface area contributed by atoms with Crippen LogP contribution in [0.2, 0.25) is 0 Å². The number of nitrogens with zero attached hydrogens (tertiary/aromatic N) is 6. The first-order valence-corrected chi connectivity index (χ1v) is 22.3. The molecule has 68 heavy (non-hydrogen) atoms. The van der Waals surface area contributed by atoms with Crippen molar-refractivity contribution >= 4 is 58.0 Å². The molecule has 352 valence electrons. The van der Waals surface area contributed by atoms with Crippen molar-refractivity contribution in [2.24, 2.45) is 0 Å². The van der Waals surface area contributed by atoms with Gasteiger partial charge in [0.1, 0.15) is 29.1 Å². The second kappa shape index (κ2) is 19.2. The normalized spacial score (nSPS) is 17.1. The average Bonchev–Trinajstić information content (AvgIpc) is 3.56. The van der Waals surface area contributed by atoms with E-state index in [-0.39, 0.29) is 91.3 Å². The first-order valence-electron chi connectivity index (χ1n) is 22.3. The summed E-state index contributed by atoms with van der Waals surface area (Å²) in [7, 11) is 0. The van der Waals surface area contributed by atoms with Gasteiger partial charge in [0.15, 0.2) is 11.5 Å². The highest BCUT2D eigenvalue weighted by Gasteiger charge is 2.45. The molecule has 3 aliphatic rings. The van der Waals surface area contributed by atoms with Crippen molar-refractivity contribution in [1.29, 1.82) is 0 Å². The first kappa shape index (κ1) is 46.7. The van der Waals surface area contributed by atoms with Gasteiger partial charge in [-0.1, -0.05) is 37.3 Å². The number of carbonyl (C=O) groups excluding carboxylic acids is 6. The molecule has 0 spiro atoms. The third kappa shape index (κ3) is 8.78. The maximum Gasteiger partial charge on any atom is 0.355 e. The molecular formula is C49H49F2N9O8. The minimum atomic E-state index is -1.07. The number of hydrogen-bond donors (Lipinski definition) is 4. The summed E-state index contributed by atoms with van der Waals surface area (Å²) < 4.78 is 32.7. The van der Waals surface area contributed by atoms with Crippen molar-refractivity contribution in [1.82, 2.24) is 35.0 Å². The lowest BCUT2D eigenvalue weighted by molar-refractivity contribution is -0.136. The summed E-state index contributed by atoms with van der Waals surface area (Å²) >= 11 is 0. The zero-order valence-electron chi connectivity index (χ0n) is 37.7. The van der Waals surface area contributed by atoms with Gasteiger partial charge in [0.25, 0.3) is 11.8 Å². The van der Waals surface area contributed by atoms with Crippen LogP contribution in [0.25, 0.3) is 28.0 Å². The molecule has 19 heteroatoms. The number of carbonyl (C=O) groups is 6. The van der Waals surface area contributed by atoms with Crippen molar-refractivity contribution in [2.45, 2.75) is 77.9 Å². The largest absolute Gasteiger partial charge is 0.507 e. The Morgan fingerprint density at radius 1 is 0.941 bits per heavy atom. The fourth-order valence-electron chi connectivity index (χ4n) is 9.22. The number of piperazine rings is 1. The number of nitrogens with one attached hydrogen (secondary N) is 3. The summed E-state index contributed by atoms with van der Waals surface area (Å²) in [6.45, 7) is 10.3. The predicted molar refractivity (Wildman–Crippen MR) is 247 cm³/mol. The number of phenols is 1. The second-order valence-corrected chi connectivity index (χ2v) is 17.1. The molecule has 8 rings (SSSR count). The number of hydrogen-bond acceptors (Lipinski definition) is 12. The van der Waals surface area contributed by atoms with E-state index in [1.54, 1.807) is 41.8 Å². The lowest BCUT2D eigenvalue weighted by Gasteiger charge is -2.40. The van der Waals surface area contributed by atoms with Crippen LogP contribution >= 0.6 is 0 Å². The van der Waals surface area contributed by atoms with E-state index in [0.29, 0.717) is 53.9 Å². The summed E-state index contributed by atoms with van der Waals surface area (Å²) in [5.74, 6) is -5.12. The Balaban J connectivity index is 0.964. The number of amides is 6. The number of aromatic hydroxyl groups is 1. The van der Waals surface area contributed by atoms with E-state index in [0.717, 1.165) is 17.0 Å². The van der Waals surface area contributed by atoms with Gasteiger partial charge >= 0.3 is 5.69 Å². The van der Waals surface area contributed by atoms with Gasteiger partial charge < -0.3 is 25.5 Å². The number of aryl methyl sites for hydroxylation is 1. The number of piperidine rings is 1. The number of halogens is 2. The van der Waals surface area contributed by atoms with Crippen LogP contribution in [0.5, 0.6) is 5.75 Å². The lowest BCUT2D eigenvalue weighted by Crippen LogP contribution is -2.54. The van der Waals surface area contributed by atoms with E-state index in [9.17, 15) is 38.7 Å². The van der Waals surface area contributed by atoms with E-state index in [1.807, 2.05) is 13.0 Å². The van der Waals surface area contributed by atoms with Gasteiger partial charge in [0, 0.05) is 57.3 Å². The van der Waals surface area contributed by atoms with Gasteiger partial charge in [-0.15, -0.1) is 0 Å². The molecule has 3 aliphatic heterocycles. The van der Waals surface area contributed by atoms with E-state index in [2.05, 4.69) is 32.5 Å². The number of aromatic nitrogens is 3. The molecule has 17 nitrogen and oxygen atoms in total. The van der Waals surface area contributed by atoms with Crippen molar-refractivity contribution in [3.05, 3.63) is 117 Å². The Labute approximate surface area is 388 Å². The summed E-state index contributed by atoms with van der Waals surface area (Å²) in [6.07, 6.45) is 3.33. The number of anilines is 2. The smallest absolute Gasteiger partial charge is 0.355 e. The molecule has 0 aliphatic carbocycles. The van der Waals surface area contributed by atoms with Crippen molar-refractivity contribution < 1.29 is 42.7 Å². The Morgan fingerprint density at radius 2 is 1.72 bits per heavy atom. The molecule has 2 fully saturated rings. The molecule has 2 aromatic heterocycles. The quantitative estimate of drug-likeness (QED) is 0.0661. The van der Waals surface area contributed by atoms with Crippen molar-refractivity contribution in [3.63, 3.8) is 0 Å². The topological polar surface area (TPSA) is 216 Å². The van der Waals surface area contributed by atoms with Crippen LogP contribution in [-0.2, 0) is 25.7 Å². The molecule has 0 bridgehead atoms. The van der Waals surface area contributed by atoms with Gasteiger partial charge in [-0.05, 0) is 93.1 Å². The van der Waals surface area contributed by atoms with Crippen molar-refractivity contribution in [2.75, 3.05) is 36.4 Å². The lowest BCUT2D eigenvalue weighted by atomic mass is 10.0. The van der Waals surface area contributed by atoms with Crippen LogP contribution in [-0.4, -0.2) is 103 Å². The number of fused-ring (bicyclic) bond motifs is 2. The van der Waals surface area contributed by atoms with E-state index in [4.69, 9.17) is 0 Å². The maximum absolute atomic E-state index is 16.2. The van der Waals surface area contributed by atoms with Crippen LogP contribution in [0.4, 0.5) is 20.3 Å². The first-order chi connectivity index (χ1) is 32.6. The Morgan fingerprint density at radius 3 is 2.46 bits per heavy atom. The molecule has 4 N–H and O–H groups in total. The SMILES string of the molecule is C=CC(=O)N1CCN(c2nc(=O)n(-c3c(C)ccc(CNC(=O)CCCCCNc4cccc5c4C(=O)N(C4CCC(=O)NC4=O)C5=O)c3C)c3nc(-c4c(O)cccc4F)c(F)cc23)[C@@H](C)C1. The summed E-state index contributed by atoms with van der Waals surface area (Å²) in [5, 5.41) is 19.2. The Bertz CT molecular complexity index is 2990. The van der Waals surface area contributed by atoms with E-state index >= 15 is 8.78 Å². The number of unbranched alkanes of at least 4 members (excludes halogenated alkanes) is 2. The van der Waals surface area contributed by atoms with Gasteiger partial charge in [-0.2, -0.15) is 4.98 Å². The van der Waals surface area contributed by atoms with Crippen LogP contribution in [0.3, 0.4) is 0 Å². The number of phenolic OH excluding ortho intramolecular Hbond substituents is 1.